The number of nitrogens with zero attached hydrogens (tertiary/aromatic N) is 1. The zero-order valence-electron chi connectivity index (χ0n) is 14.5. The van der Waals surface area contributed by atoms with E-state index >= 15 is 0 Å². The Morgan fingerprint density at radius 1 is 1.04 bits per heavy atom. The Bertz CT molecular complexity index is 1200. The number of ether oxygens (including phenoxy) is 1. The number of halogens is 1. The second kappa shape index (κ2) is 7.60. The van der Waals surface area contributed by atoms with Crippen LogP contribution in [0.2, 0.25) is 0 Å². The molecule has 4 aromatic rings. The summed E-state index contributed by atoms with van der Waals surface area (Å²) in [6.45, 7) is 0.0606. The van der Waals surface area contributed by atoms with Crippen molar-refractivity contribution in [2.45, 2.75) is 6.54 Å². The lowest BCUT2D eigenvalue weighted by molar-refractivity contribution is -0.681. The Morgan fingerprint density at radius 2 is 1.81 bits per heavy atom. The molecule has 2 aromatic heterocycles. The zero-order chi connectivity index (χ0) is 18.1. The van der Waals surface area contributed by atoms with Gasteiger partial charge in [-0.3, -0.25) is 4.79 Å². The van der Waals surface area contributed by atoms with Gasteiger partial charge in [-0.25, -0.2) is 4.79 Å². The van der Waals surface area contributed by atoms with E-state index in [9.17, 15) is 9.59 Å². The minimum absolute atomic E-state index is 0. The SMILES string of the molecule is COc1ccc2oc(=O)c(C(=O)C[n+]3ccc4ccccc4c3)cc2c1.[Cl-]. The quantitative estimate of drug-likeness (QED) is 0.286. The molecule has 0 unspecified atom stereocenters. The molecule has 0 aliphatic heterocycles. The Hall–Kier alpha value is -3.18. The number of pyridine rings is 1. The minimum Gasteiger partial charge on any atom is -1.00 e. The van der Waals surface area contributed by atoms with Crippen LogP contribution in [-0.2, 0) is 6.54 Å². The normalized spacial score (nSPS) is 10.6. The van der Waals surface area contributed by atoms with Gasteiger partial charge in [0.2, 0.25) is 12.3 Å². The zero-order valence-corrected chi connectivity index (χ0v) is 15.3. The molecule has 2 aromatic carbocycles. The summed E-state index contributed by atoms with van der Waals surface area (Å²) in [4.78, 5) is 24.9. The number of hydrogen-bond donors (Lipinski definition) is 0. The highest BCUT2D eigenvalue weighted by Crippen LogP contribution is 2.20. The van der Waals surface area contributed by atoms with E-state index in [0.717, 1.165) is 10.8 Å². The average Bonchev–Trinajstić information content (AvgIpc) is 2.67. The second-order valence-electron chi connectivity index (χ2n) is 6.02. The van der Waals surface area contributed by atoms with Crippen molar-refractivity contribution in [1.82, 2.24) is 0 Å². The summed E-state index contributed by atoms with van der Waals surface area (Å²) in [5, 5.41) is 2.77. The molecule has 0 N–H and O–H groups in total. The van der Waals surface area contributed by atoms with Gasteiger partial charge in [0.05, 0.1) is 7.11 Å². The maximum Gasteiger partial charge on any atom is 0.347 e. The molecular formula is C21H16ClNO4. The molecule has 136 valence electrons. The summed E-state index contributed by atoms with van der Waals surface area (Å²) in [5.74, 6) is 0.331. The number of ketones is 1. The van der Waals surface area contributed by atoms with Crippen molar-refractivity contribution < 1.29 is 30.9 Å². The van der Waals surface area contributed by atoms with Gasteiger partial charge in [-0.1, -0.05) is 18.2 Å². The first-order valence-corrected chi connectivity index (χ1v) is 8.17. The first-order chi connectivity index (χ1) is 12.6. The number of rotatable bonds is 4. The third-order valence-corrected chi connectivity index (χ3v) is 4.31. The molecule has 0 fully saturated rings. The average molecular weight is 382 g/mol. The van der Waals surface area contributed by atoms with Gasteiger partial charge >= 0.3 is 5.63 Å². The first kappa shape index (κ1) is 18.6. The van der Waals surface area contributed by atoms with E-state index in [0.29, 0.717) is 16.7 Å². The van der Waals surface area contributed by atoms with Crippen LogP contribution in [0, 0.1) is 0 Å². The number of carbonyl (C=O) groups is 1. The highest BCUT2D eigenvalue weighted by Gasteiger charge is 2.18. The standard InChI is InChI=1S/C21H16NO4.ClH/c1-25-17-6-7-20-16(10-17)11-18(21(24)26-20)19(23)13-22-9-8-14-4-2-3-5-15(14)12-22;/h2-12H,13H2,1H3;1H/q+1;/p-1. The van der Waals surface area contributed by atoms with E-state index in [1.807, 2.05) is 42.7 Å². The molecule has 0 atom stereocenters. The maximum atomic E-state index is 12.7. The molecule has 0 aliphatic rings. The topological polar surface area (TPSA) is 60.4 Å². The Kier molecular flexibility index (Phi) is 5.23. The summed E-state index contributed by atoms with van der Waals surface area (Å²) in [5.41, 5.74) is -0.175. The van der Waals surface area contributed by atoms with E-state index in [4.69, 9.17) is 9.15 Å². The van der Waals surface area contributed by atoms with Crippen LogP contribution in [0.3, 0.4) is 0 Å². The van der Waals surface area contributed by atoms with Gasteiger partial charge in [-0.15, -0.1) is 0 Å². The van der Waals surface area contributed by atoms with E-state index in [2.05, 4.69) is 0 Å². The lowest BCUT2D eigenvalue weighted by atomic mass is 10.1. The smallest absolute Gasteiger partial charge is 0.347 e. The molecule has 0 aliphatic carbocycles. The Balaban J connectivity index is 0.00000210. The first-order valence-electron chi connectivity index (χ1n) is 8.17. The summed E-state index contributed by atoms with van der Waals surface area (Å²) >= 11 is 0. The Morgan fingerprint density at radius 3 is 2.59 bits per heavy atom. The number of benzene rings is 2. The molecule has 6 heteroatoms. The van der Waals surface area contributed by atoms with E-state index in [-0.39, 0.29) is 30.3 Å². The van der Waals surface area contributed by atoms with Gasteiger partial charge in [0, 0.05) is 16.8 Å². The van der Waals surface area contributed by atoms with Crippen LogP contribution >= 0.6 is 0 Å². The predicted octanol–water partition coefficient (Wildman–Crippen LogP) is 0.129. The summed E-state index contributed by atoms with van der Waals surface area (Å²) in [7, 11) is 1.56. The monoisotopic (exact) mass is 381 g/mol. The lowest BCUT2D eigenvalue weighted by Gasteiger charge is -2.03. The van der Waals surface area contributed by atoms with Crippen LogP contribution in [0.4, 0.5) is 0 Å². The highest BCUT2D eigenvalue weighted by molar-refractivity contribution is 5.97. The molecule has 0 spiro atoms. The van der Waals surface area contributed by atoms with Crippen molar-refractivity contribution >= 4 is 27.5 Å². The molecule has 0 amide bonds. The number of aromatic nitrogens is 1. The van der Waals surface area contributed by atoms with Crippen molar-refractivity contribution in [3.63, 3.8) is 0 Å². The van der Waals surface area contributed by atoms with Crippen LogP contribution in [0.5, 0.6) is 5.75 Å². The van der Waals surface area contributed by atoms with Gasteiger partial charge in [-0.05, 0) is 35.7 Å². The molecule has 2 heterocycles. The number of carbonyl (C=O) groups excluding carboxylic acids is 1. The molecule has 0 saturated heterocycles. The fourth-order valence-corrected chi connectivity index (χ4v) is 2.95. The van der Waals surface area contributed by atoms with E-state index in [1.54, 1.807) is 35.9 Å². The molecular weight excluding hydrogens is 366 g/mol. The molecule has 0 saturated carbocycles. The van der Waals surface area contributed by atoms with Crippen LogP contribution < -0.4 is 27.3 Å². The lowest BCUT2D eigenvalue weighted by Crippen LogP contribution is -3.00. The predicted molar refractivity (Wildman–Crippen MR) is 97.5 cm³/mol. The molecule has 5 nitrogen and oxygen atoms in total. The van der Waals surface area contributed by atoms with Gasteiger partial charge in [0.15, 0.2) is 12.4 Å². The molecule has 0 bridgehead atoms. The summed E-state index contributed by atoms with van der Waals surface area (Å²) < 4.78 is 12.2. The molecule has 27 heavy (non-hydrogen) atoms. The van der Waals surface area contributed by atoms with Crippen molar-refractivity contribution in [3.8, 4) is 5.75 Å². The van der Waals surface area contributed by atoms with Gasteiger partial charge in [0.1, 0.15) is 16.9 Å². The summed E-state index contributed by atoms with van der Waals surface area (Å²) in [6, 6.07) is 16.5. The minimum atomic E-state index is -0.631. The van der Waals surface area contributed by atoms with Crippen LogP contribution in [0.15, 0.2) is 76.2 Å². The van der Waals surface area contributed by atoms with Gasteiger partial charge < -0.3 is 21.6 Å². The Labute approximate surface area is 161 Å². The van der Waals surface area contributed by atoms with Crippen LogP contribution in [0.1, 0.15) is 10.4 Å². The van der Waals surface area contributed by atoms with Gasteiger partial charge in [-0.2, -0.15) is 4.57 Å². The number of methoxy groups -OCH3 is 1. The van der Waals surface area contributed by atoms with E-state index in [1.165, 1.54) is 0 Å². The van der Waals surface area contributed by atoms with Crippen molar-refractivity contribution in [2.75, 3.05) is 7.11 Å². The third kappa shape index (κ3) is 3.68. The highest BCUT2D eigenvalue weighted by atomic mass is 35.5. The van der Waals surface area contributed by atoms with Crippen LogP contribution in [-0.4, -0.2) is 12.9 Å². The van der Waals surface area contributed by atoms with Crippen molar-refractivity contribution in [2.24, 2.45) is 0 Å². The maximum absolute atomic E-state index is 12.7. The summed E-state index contributed by atoms with van der Waals surface area (Å²) in [6.07, 6.45) is 3.71. The number of fused-ring (bicyclic) bond motifs is 2. The molecule has 0 radical (unpaired) electrons. The van der Waals surface area contributed by atoms with Crippen molar-refractivity contribution in [3.05, 3.63) is 83.0 Å². The second-order valence-corrected chi connectivity index (χ2v) is 6.02. The van der Waals surface area contributed by atoms with E-state index < -0.39 is 5.63 Å². The van der Waals surface area contributed by atoms with Crippen LogP contribution in [0.25, 0.3) is 21.7 Å². The largest absolute Gasteiger partial charge is 1.00 e. The third-order valence-electron chi connectivity index (χ3n) is 4.31. The number of Topliss-reactive ketones (excluding diaryl/α,β-unsaturated/α-hetero) is 1. The fraction of sp³-hybridized carbons (Fsp3) is 0.0952. The van der Waals surface area contributed by atoms with Gasteiger partial charge in [0.25, 0.3) is 0 Å². The molecule has 4 rings (SSSR count). The number of hydrogen-bond acceptors (Lipinski definition) is 4. The van der Waals surface area contributed by atoms with Crippen molar-refractivity contribution in [1.29, 1.82) is 0 Å². The fourth-order valence-electron chi connectivity index (χ4n) is 2.95.